The number of rotatable bonds is 1. The molecule has 0 saturated carbocycles. The first-order chi connectivity index (χ1) is 5.29. The molecule has 0 bridgehead atoms. The Bertz CT molecular complexity index is 247. The van der Waals surface area contributed by atoms with Gasteiger partial charge in [0.15, 0.2) is 0 Å². The molecule has 0 fully saturated rings. The van der Waals surface area contributed by atoms with Crippen molar-refractivity contribution in [3.63, 3.8) is 0 Å². The van der Waals surface area contributed by atoms with Gasteiger partial charge < -0.3 is 0 Å². The predicted molar refractivity (Wildman–Crippen MR) is 50.2 cm³/mol. The van der Waals surface area contributed by atoms with Gasteiger partial charge in [-0.15, -0.1) is 11.3 Å². The Morgan fingerprint density at radius 2 is 2.36 bits per heavy atom. The Hall–Kier alpha value is -0.300. The van der Waals surface area contributed by atoms with E-state index in [1.807, 2.05) is 11.3 Å². The number of hydrogen-bond donors (Lipinski definition) is 0. The Kier molecular flexibility index (Phi) is 1.76. The molecule has 60 valence electrons. The normalized spacial score (nSPS) is 22.6. The highest BCUT2D eigenvalue weighted by Crippen LogP contribution is 2.40. The van der Waals surface area contributed by atoms with Gasteiger partial charge in [-0.05, 0) is 41.7 Å². The lowest BCUT2D eigenvalue weighted by molar-refractivity contribution is 0.496. The maximum Gasteiger partial charge on any atom is 0.00803 e. The lowest BCUT2D eigenvalue weighted by Crippen LogP contribution is -2.00. The van der Waals surface area contributed by atoms with Gasteiger partial charge in [0.2, 0.25) is 0 Å². The minimum absolute atomic E-state index is 0.825. The fraction of sp³-hybridized carbons (Fsp3) is 0.600. The van der Waals surface area contributed by atoms with Crippen molar-refractivity contribution in [1.29, 1.82) is 0 Å². The molecular weight excluding hydrogens is 152 g/mol. The van der Waals surface area contributed by atoms with E-state index in [0.29, 0.717) is 0 Å². The van der Waals surface area contributed by atoms with E-state index >= 15 is 0 Å². The molecule has 1 aliphatic carbocycles. The molecule has 11 heavy (non-hydrogen) atoms. The summed E-state index contributed by atoms with van der Waals surface area (Å²) in [6, 6.07) is 2.32. The summed E-state index contributed by atoms with van der Waals surface area (Å²) >= 11 is 1.93. The minimum atomic E-state index is 0.825. The molecule has 0 spiro atoms. The fourth-order valence-corrected chi connectivity index (χ4v) is 2.99. The number of fused-ring (bicyclic) bond motifs is 1. The monoisotopic (exact) mass is 166 g/mol. The van der Waals surface area contributed by atoms with Crippen LogP contribution in [-0.4, -0.2) is 0 Å². The third-order valence-electron chi connectivity index (χ3n) is 2.67. The highest BCUT2D eigenvalue weighted by molar-refractivity contribution is 7.10. The smallest absolute Gasteiger partial charge is 0.00803 e. The number of thiophene rings is 1. The summed E-state index contributed by atoms with van der Waals surface area (Å²) in [5.74, 6) is 1.68. The van der Waals surface area contributed by atoms with Gasteiger partial charge in [0.25, 0.3) is 0 Å². The zero-order chi connectivity index (χ0) is 7.84. The van der Waals surface area contributed by atoms with Crippen molar-refractivity contribution in [3.8, 4) is 0 Å². The number of aryl methyl sites for hydroxylation is 1. The molecule has 1 aliphatic rings. The van der Waals surface area contributed by atoms with E-state index in [2.05, 4.69) is 25.3 Å². The van der Waals surface area contributed by atoms with Crippen molar-refractivity contribution >= 4 is 11.3 Å². The summed E-state index contributed by atoms with van der Waals surface area (Å²) in [4.78, 5) is 1.64. The van der Waals surface area contributed by atoms with Crippen LogP contribution < -0.4 is 0 Å². The van der Waals surface area contributed by atoms with Crippen molar-refractivity contribution in [2.75, 3.05) is 0 Å². The second kappa shape index (κ2) is 2.63. The molecule has 1 atom stereocenters. The Morgan fingerprint density at radius 1 is 1.55 bits per heavy atom. The second-order valence-electron chi connectivity index (χ2n) is 3.69. The molecule has 1 aromatic rings. The van der Waals surface area contributed by atoms with Crippen LogP contribution in [0.4, 0.5) is 0 Å². The van der Waals surface area contributed by atoms with Crippen molar-refractivity contribution in [2.45, 2.75) is 32.6 Å². The van der Waals surface area contributed by atoms with Crippen molar-refractivity contribution < 1.29 is 0 Å². The van der Waals surface area contributed by atoms with Gasteiger partial charge in [-0.25, -0.2) is 0 Å². The highest BCUT2D eigenvalue weighted by Gasteiger charge is 2.25. The maximum absolute atomic E-state index is 2.33. The van der Waals surface area contributed by atoms with E-state index in [4.69, 9.17) is 0 Å². The third-order valence-corrected chi connectivity index (χ3v) is 3.66. The first-order valence-corrected chi connectivity index (χ1v) is 5.23. The van der Waals surface area contributed by atoms with Crippen molar-refractivity contribution in [1.82, 2.24) is 0 Å². The van der Waals surface area contributed by atoms with Crippen LogP contribution in [0, 0.1) is 5.92 Å². The van der Waals surface area contributed by atoms with E-state index in [1.165, 1.54) is 12.8 Å². The molecule has 0 aliphatic heterocycles. The SMILES string of the molecule is CC(C)C1CCc2sccc21. The summed E-state index contributed by atoms with van der Waals surface area (Å²) in [5.41, 5.74) is 1.64. The third kappa shape index (κ3) is 1.12. The zero-order valence-corrected chi connectivity index (χ0v) is 7.95. The molecule has 0 N–H and O–H groups in total. The lowest BCUT2D eigenvalue weighted by Gasteiger charge is -2.13. The molecule has 0 nitrogen and oxygen atoms in total. The van der Waals surface area contributed by atoms with Crippen LogP contribution in [0.15, 0.2) is 11.4 Å². The summed E-state index contributed by atoms with van der Waals surface area (Å²) < 4.78 is 0. The lowest BCUT2D eigenvalue weighted by atomic mass is 9.91. The summed E-state index contributed by atoms with van der Waals surface area (Å²) in [5, 5.41) is 2.24. The molecule has 0 radical (unpaired) electrons. The second-order valence-corrected chi connectivity index (χ2v) is 4.69. The molecular formula is C10H14S. The van der Waals surface area contributed by atoms with Crippen LogP contribution in [0.5, 0.6) is 0 Å². The molecule has 0 aromatic carbocycles. The maximum atomic E-state index is 2.33. The molecule has 1 heterocycles. The predicted octanol–water partition coefficient (Wildman–Crippen LogP) is 3.43. The zero-order valence-electron chi connectivity index (χ0n) is 7.13. The van der Waals surface area contributed by atoms with Crippen LogP contribution in [0.1, 0.15) is 36.6 Å². The summed E-state index contributed by atoms with van der Waals surface area (Å²) in [6.45, 7) is 4.66. The largest absolute Gasteiger partial charge is 0.149 e. The Morgan fingerprint density at radius 3 is 3.09 bits per heavy atom. The molecule has 0 saturated heterocycles. The Labute approximate surface area is 72.3 Å². The van der Waals surface area contributed by atoms with Gasteiger partial charge in [0.05, 0.1) is 0 Å². The first kappa shape index (κ1) is 7.35. The van der Waals surface area contributed by atoms with Gasteiger partial charge in [-0.1, -0.05) is 13.8 Å². The molecule has 1 unspecified atom stereocenters. The Balaban J connectivity index is 2.31. The van der Waals surface area contributed by atoms with Gasteiger partial charge in [0.1, 0.15) is 0 Å². The fourth-order valence-electron chi connectivity index (χ4n) is 2.02. The average Bonchev–Trinajstić information content (AvgIpc) is 2.41. The highest BCUT2D eigenvalue weighted by atomic mass is 32.1. The van der Waals surface area contributed by atoms with Crippen LogP contribution >= 0.6 is 11.3 Å². The van der Waals surface area contributed by atoms with Crippen molar-refractivity contribution in [3.05, 3.63) is 21.9 Å². The van der Waals surface area contributed by atoms with E-state index < -0.39 is 0 Å². The van der Waals surface area contributed by atoms with Gasteiger partial charge in [-0.2, -0.15) is 0 Å². The average molecular weight is 166 g/mol. The van der Waals surface area contributed by atoms with Crippen LogP contribution in [-0.2, 0) is 6.42 Å². The van der Waals surface area contributed by atoms with Gasteiger partial charge in [0, 0.05) is 4.88 Å². The van der Waals surface area contributed by atoms with Gasteiger partial charge in [-0.3, -0.25) is 0 Å². The summed E-state index contributed by atoms with van der Waals surface area (Å²) in [7, 11) is 0. The topological polar surface area (TPSA) is 0 Å². The van der Waals surface area contributed by atoms with Crippen LogP contribution in [0.25, 0.3) is 0 Å². The van der Waals surface area contributed by atoms with Gasteiger partial charge >= 0.3 is 0 Å². The van der Waals surface area contributed by atoms with Crippen molar-refractivity contribution in [2.24, 2.45) is 5.92 Å². The summed E-state index contributed by atoms with van der Waals surface area (Å²) in [6.07, 6.45) is 2.72. The number of hydrogen-bond acceptors (Lipinski definition) is 1. The first-order valence-electron chi connectivity index (χ1n) is 4.35. The van der Waals surface area contributed by atoms with Crippen LogP contribution in [0.2, 0.25) is 0 Å². The van der Waals surface area contributed by atoms with E-state index in [9.17, 15) is 0 Å². The minimum Gasteiger partial charge on any atom is -0.149 e. The van der Waals surface area contributed by atoms with E-state index in [0.717, 1.165) is 11.8 Å². The van der Waals surface area contributed by atoms with Crippen LogP contribution in [0.3, 0.4) is 0 Å². The molecule has 1 heteroatoms. The standard InChI is InChI=1S/C10H14S/c1-7(2)8-3-4-10-9(8)5-6-11-10/h5-8H,3-4H2,1-2H3. The molecule has 2 rings (SSSR count). The molecule has 0 amide bonds. The quantitative estimate of drug-likeness (QED) is 0.599. The van der Waals surface area contributed by atoms with E-state index in [-0.39, 0.29) is 0 Å². The molecule has 1 aromatic heterocycles. The van der Waals surface area contributed by atoms with E-state index in [1.54, 1.807) is 10.4 Å².